The van der Waals surface area contributed by atoms with Crippen molar-refractivity contribution in [3.05, 3.63) is 91.0 Å². The van der Waals surface area contributed by atoms with Crippen molar-refractivity contribution in [3.8, 4) is 0 Å². The molecule has 3 rings (SSSR count). The Kier molecular flexibility index (Phi) is 4.22. The van der Waals surface area contributed by atoms with Crippen molar-refractivity contribution in [2.24, 2.45) is 0 Å². The molecule has 0 heterocycles. The molecule has 0 saturated heterocycles. The van der Waals surface area contributed by atoms with Crippen molar-refractivity contribution in [2.75, 3.05) is 0 Å². The third-order valence-corrected chi connectivity index (χ3v) is 11.2. The molecule has 0 radical (unpaired) electrons. The summed E-state index contributed by atoms with van der Waals surface area (Å²) in [5.74, 6) is 0. The van der Waals surface area contributed by atoms with Crippen molar-refractivity contribution >= 4 is 7.12 Å². The predicted octanol–water partition coefficient (Wildman–Crippen LogP) is 2.58. The fraction of sp³-hybridized carbons (Fsp3) is 0. The van der Waals surface area contributed by atoms with E-state index in [2.05, 4.69) is 91.0 Å². The molecule has 0 saturated carbocycles. The molecule has 0 aliphatic carbocycles. The standard InChI is InChI=1S/3C6H5.Y/c3*1-2-4-6-5-3-1;/h3*1-5H;. The van der Waals surface area contributed by atoms with E-state index in [1.807, 2.05) is 0 Å². The molecule has 0 nitrogen and oxygen atoms in total. The molecule has 3 aromatic rings. The molecule has 90 valence electrons. The van der Waals surface area contributed by atoms with Crippen molar-refractivity contribution in [1.82, 2.24) is 0 Å². The first-order chi connectivity index (χ1) is 9.45. The van der Waals surface area contributed by atoms with Crippen LogP contribution in [0.4, 0.5) is 0 Å². The van der Waals surface area contributed by atoms with Crippen molar-refractivity contribution in [2.45, 2.75) is 0 Å². The van der Waals surface area contributed by atoms with E-state index in [0.717, 1.165) is 0 Å². The van der Waals surface area contributed by atoms with Gasteiger partial charge in [-0.2, -0.15) is 0 Å². The Hall–Kier alpha value is -1.24. The Bertz CT molecular complexity index is 524. The number of hydrogen-bond acceptors (Lipinski definition) is 0. The maximum absolute atomic E-state index is 2.29. The average molecular weight is 320 g/mol. The topological polar surface area (TPSA) is 0 Å². The quantitative estimate of drug-likeness (QED) is 0.696. The van der Waals surface area contributed by atoms with Gasteiger partial charge < -0.3 is 0 Å². The Balaban J connectivity index is 2.12. The van der Waals surface area contributed by atoms with Gasteiger partial charge in [-0.05, 0) is 0 Å². The average Bonchev–Trinajstić information content (AvgIpc) is 2.51. The third-order valence-electron chi connectivity index (χ3n) is 3.40. The van der Waals surface area contributed by atoms with E-state index < -0.39 is 27.4 Å². The molecule has 0 amide bonds. The number of hydrogen-bond donors (Lipinski definition) is 0. The fourth-order valence-electron chi connectivity index (χ4n) is 2.51. The van der Waals surface area contributed by atoms with E-state index >= 15 is 0 Å². The van der Waals surface area contributed by atoms with E-state index in [1.54, 1.807) is 7.12 Å². The molecule has 0 aliphatic heterocycles. The summed E-state index contributed by atoms with van der Waals surface area (Å²) in [6.45, 7) is 0. The van der Waals surface area contributed by atoms with Gasteiger partial charge >= 0.3 is 126 Å². The van der Waals surface area contributed by atoms with Crippen LogP contribution in [-0.2, 0) is 27.4 Å². The van der Waals surface area contributed by atoms with Gasteiger partial charge in [0.2, 0.25) is 0 Å². The molecule has 3 aromatic carbocycles. The molecule has 0 spiro atoms. The first-order valence-electron chi connectivity index (χ1n) is 6.60. The minimum absolute atomic E-state index is 1.54. The normalized spacial score (nSPS) is 10.1. The van der Waals surface area contributed by atoms with Crippen LogP contribution in [-0.4, -0.2) is 0 Å². The second-order valence-electron chi connectivity index (χ2n) is 4.67. The van der Waals surface area contributed by atoms with Gasteiger partial charge in [0, 0.05) is 0 Å². The molecule has 0 N–H and O–H groups in total. The maximum atomic E-state index is 2.29. The van der Waals surface area contributed by atoms with Gasteiger partial charge in [0.1, 0.15) is 0 Å². The summed E-state index contributed by atoms with van der Waals surface area (Å²) in [6.07, 6.45) is 0. The Labute approximate surface area is 125 Å². The summed E-state index contributed by atoms with van der Waals surface area (Å²) in [7, 11) is 0. The zero-order chi connectivity index (χ0) is 12.9. The molecular weight excluding hydrogens is 305 g/mol. The molecule has 0 fully saturated rings. The van der Waals surface area contributed by atoms with Gasteiger partial charge in [0.15, 0.2) is 0 Å². The summed E-state index contributed by atoms with van der Waals surface area (Å²) in [4.78, 5) is 0. The SMILES string of the molecule is c1cc[c]([Y]([c]2ccccc2)[c]2ccccc2)cc1. The van der Waals surface area contributed by atoms with Gasteiger partial charge in [-0.3, -0.25) is 0 Å². The van der Waals surface area contributed by atoms with Crippen LogP contribution < -0.4 is 7.12 Å². The monoisotopic (exact) mass is 320 g/mol. The summed E-state index contributed by atoms with van der Waals surface area (Å²) >= 11 is -2.14. The van der Waals surface area contributed by atoms with Crippen molar-refractivity contribution in [1.29, 1.82) is 0 Å². The van der Waals surface area contributed by atoms with Crippen molar-refractivity contribution in [3.63, 3.8) is 0 Å². The number of benzene rings is 3. The molecule has 19 heavy (non-hydrogen) atoms. The van der Waals surface area contributed by atoms with Crippen LogP contribution in [0.5, 0.6) is 0 Å². The molecule has 0 aliphatic rings. The van der Waals surface area contributed by atoms with Gasteiger partial charge in [0.25, 0.3) is 0 Å². The van der Waals surface area contributed by atoms with Crippen LogP contribution in [0, 0.1) is 0 Å². The van der Waals surface area contributed by atoms with Crippen LogP contribution >= 0.6 is 0 Å². The van der Waals surface area contributed by atoms with Crippen LogP contribution in [0.2, 0.25) is 0 Å². The molecule has 0 bridgehead atoms. The van der Waals surface area contributed by atoms with E-state index in [1.165, 1.54) is 0 Å². The molecule has 0 atom stereocenters. The summed E-state index contributed by atoms with van der Waals surface area (Å²) in [6, 6.07) is 33.0. The Morgan fingerprint density at radius 2 is 0.632 bits per heavy atom. The van der Waals surface area contributed by atoms with E-state index in [0.29, 0.717) is 0 Å². The van der Waals surface area contributed by atoms with Crippen LogP contribution in [0.3, 0.4) is 0 Å². The first kappa shape index (κ1) is 12.8. The summed E-state index contributed by atoms with van der Waals surface area (Å²) in [5, 5.41) is 0. The van der Waals surface area contributed by atoms with Crippen molar-refractivity contribution < 1.29 is 27.4 Å². The molecular formula is C18H15Y. The molecule has 0 unspecified atom stereocenters. The van der Waals surface area contributed by atoms with Crippen LogP contribution in [0.1, 0.15) is 0 Å². The second-order valence-corrected chi connectivity index (χ2v) is 11.7. The fourth-order valence-corrected chi connectivity index (χ4v) is 9.83. The van der Waals surface area contributed by atoms with Gasteiger partial charge in [-0.1, -0.05) is 0 Å². The summed E-state index contributed by atoms with van der Waals surface area (Å²) < 4.78 is 4.63. The minimum atomic E-state index is -2.14. The van der Waals surface area contributed by atoms with E-state index in [4.69, 9.17) is 0 Å². The third kappa shape index (κ3) is 3.02. The molecule has 0 aromatic heterocycles. The van der Waals surface area contributed by atoms with Crippen LogP contribution in [0.15, 0.2) is 91.0 Å². The predicted molar refractivity (Wildman–Crippen MR) is 78.2 cm³/mol. The Morgan fingerprint density at radius 3 is 0.895 bits per heavy atom. The molecule has 1 heteroatoms. The van der Waals surface area contributed by atoms with Gasteiger partial charge in [0.05, 0.1) is 0 Å². The zero-order valence-electron chi connectivity index (χ0n) is 10.7. The van der Waals surface area contributed by atoms with E-state index in [9.17, 15) is 0 Å². The van der Waals surface area contributed by atoms with E-state index in [-0.39, 0.29) is 0 Å². The Morgan fingerprint density at radius 1 is 0.368 bits per heavy atom. The van der Waals surface area contributed by atoms with Gasteiger partial charge in [-0.15, -0.1) is 0 Å². The zero-order valence-corrected chi connectivity index (χ0v) is 13.6. The van der Waals surface area contributed by atoms with Crippen LogP contribution in [0.25, 0.3) is 0 Å². The van der Waals surface area contributed by atoms with Gasteiger partial charge in [-0.25, -0.2) is 0 Å². The number of rotatable bonds is 3. The second kappa shape index (κ2) is 6.28. The summed E-state index contributed by atoms with van der Waals surface area (Å²) in [5.41, 5.74) is 0. The first-order valence-corrected chi connectivity index (χ1v) is 10.9.